The zero-order chi connectivity index (χ0) is 16.9. The zero-order valence-electron chi connectivity index (χ0n) is 14.9. The van der Waals surface area contributed by atoms with Crippen molar-refractivity contribution >= 4 is 5.91 Å². The van der Waals surface area contributed by atoms with Crippen LogP contribution in [0.3, 0.4) is 0 Å². The van der Waals surface area contributed by atoms with Crippen LogP contribution in [0, 0.1) is 0 Å². The maximum atomic E-state index is 12.1. The van der Waals surface area contributed by atoms with Crippen molar-refractivity contribution in [2.45, 2.75) is 51.5 Å². The maximum absolute atomic E-state index is 12.1. The number of carbonyl (C=O) groups excluding carboxylic acids is 1. The Bertz CT molecular complexity index is 580. The minimum absolute atomic E-state index is 0.235. The van der Waals surface area contributed by atoms with Gasteiger partial charge in [-0.1, -0.05) is 12.2 Å². The monoisotopic (exact) mass is 331 g/mol. The second-order valence-electron chi connectivity index (χ2n) is 6.94. The van der Waals surface area contributed by atoms with Crippen LogP contribution < -0.4 is 0 Å². The van der Waals surface area contributed by atoms with E-state index in [2.05, 4.69) is 26.7 Å². The lowest BCUT2D eigenvalue weighted by Crippen LogP contribution is -2.38. The number of aromatic nitrogens is 3. The average molecular weight is 331 g/mol. The number of hydrogen-bond acceptors (Lipinski definition) is 4. The first-order valence-corrected chi connectivity index (χ1v) is 9.18. The van der Waals surface area contributed by atoms with Crippen LogP contribution in [-0.2, 0) is 18.4 Å². The van der Waals surface area contributed by atoms with Gasteiger partial charge in [-0.05, 0) is 45.7 Å². The molecule has 2 saturated heterocycles. The van der Waals surface area contributed by atoms with Crippen molar-refractivity contribution in [3.05, 3.63) is 23.8 Å². The van der Waals surface area contributed by atoms with E-state index in [1.165, 1.54) is 25.9 Å². The smallest absolute Gasteiger partial charge is 0.226 e. The summed E-state index contributed by atoms with van der Waals surface area (Å²) in [5.74, 6) is 2.81. The third-order valence-corrected chi connectivity index (χ3v) is 5.30. The molecule has 0 aromatic carbocycles. The predicted molar refractivity (Wildman–Crippen MR) is 93.5 cm³/mol. The highest BCUT2D eigenvalue weighted by Crippen LogP contribution is 2.27. The highest BCUT2D eigenvalue weighted by atomic mass is 16.2. The Morgan fingerprint density at radius 2 is 1.88 bits per heavy atom. The van der Waals surface area contributed by atoms with Crippen LogP contribution in [0.15, 0.2) is 12.2 Å². The first kappa shape index (κ1) is 17.1. The molecule has 1 aromatic rings. The van der Waals surface area contributed by atoms with Gasteiger partial charge in [0.05, 0.1) is 6.54 Å². The molecular weight excluding hydrogens is 302 g/mol. The number of likely N-dealkylation sites (tertiary alicyclic amines) is 2. The molecule has 6 heteroatoms. The van der Waals surface area contributed by atoms with Gasteiger partial charge in [0, 0.05) is 32.5 Å². The van der Waals surface area contributed by atoms with E-state index in [1.54, 1.807) is 0 Å². The van der Waals surface area contributed by atoms with Crippen molar-refractivity contribution in [1.82, 2.24) is 24.6 Å². The third-order valence-electron chi connectivity index (χ3n) is 5.30. The molecule has 0 spiro atoms. The lowest BCUT2D eigenvalue weighted by atomic mass is 9.95. The van der Waals surface area contributed by atoms with Gasteiger partial charge >= 0.3 is 0 Å². The highest BCUT2D eigenvalue weighted by Gasteiger charge is 2.27. The molecule has 0 aliphatic carbocycles. The first-order chi connectivity index (χ1) is 11.7. The van der Waals surface area contributed by atoms with Crippen LogP contribution >= 0.6 is 0 Å². The van der Waals surface area contributed by atoms with Crippen molar-refractivity contribution in [2.24, 2.45) is 7.05 Å². The molecule has 1 aromatic heterocycles. The quantitative estimate of drug-likeness (QED) is 0.775. The second kappa shape index (κ2) is 7.92. The first-order valence-electron chi connectivity index (χ1n) is 9.18. The minimum atomic E-state index is 0.235. The van der Waals surface area contributed by atoms with E-state index < -0.39 is 0 Å². The Morgan fingerprint density at radius 1 is 1.17 bits per heavy atom. The zero-order valence-corrected chi connectivity index (χ0v) is 14.9. The number of nitrogens with zero attached hydrogens (tertiary/aromatic N) is 5. The lowest BCUT2D eigenvalue weighted by Gasteiger charge is -2.31. The molecule has 0 radical (unpaired) electrons. The molecule has 132 valence electrons. The van der Waals surface area contributed by atoms with E-state index in [-0.39, 0.29) is 5.91 Å². The molecule has 3 heterocycles. The van der Waals surface area contributed by atoms with E-state index in [0.29, 0.717) is 12.3 Å². The van der Waals surface area contributed by atoms with Gasteiger partial charge < -0.3 is 9.47 Å². The van der Waals surface area contributed by atoms with Crippen LogP contribution in [0.5, 0.6) is 0 Å². The van der Waals surface area contributed by atoms with E-state index in [0.717, 1.165) is 44.1 Å². The second-order valence-corrected chi connectivity index (χ2v) is 6.94. The van der Waals surface area contributed by atoms with E-state index in [1.807, 2.05) is 24.0 Å². The SMILES string of the molecule is C/C=C/CC(=O)N1CCC(c2nnc(CN3CCCC3)n2C)CC1. The normalized spacial score (nSPS) is 20.3. The number of hydrogen-bond donors (Lipinski definition) is 0. The van der Waals surface area contributed by atoms with Gasteiger partial charge in [0.1, 0.15) is 11.6 Å². The summed E-state index contributed by atoms with van der Waals surface area (Å²) in [5.41, 5.74) is 0. The lowest BCUT2D eigenvalue weighted by molar-refractivity contribution is -0.131. The fourth-order valence-corrected chi connectivity index (χ4v) is 3.74. The van der Waals surface area contributed by atoms with Gasteiger partial charge in [0.2, 0.25) is 5.91 Å². The number of carbonyl (C=O) groups is 1. The molecule has 24 heavy (non-hydrogen) atoms. The van der Waals surface area contributed by atoms with E-state index in [9.17, 15) is 4.79 Å². The van der Waals surface area contributed by atoms with Crippen molar-refractivity contribution < 1.29 is 4.79 Å². The standard InChI is InChI=1S/C18H29N5O/c1-3-4-7-17(24)23-12-8-15(9-13-23)18-20-19-16(21(18)2)14-22-10-5-6-11-22/h3-4,15H,5-14H2,1-2H3/b4-3+. The average Bonchev–Trinajstić information content (AvgIpc) is 3.24. The summed E-state index contributed by atoms with van der Waals surface area (Å²) in [6.07, 6.45) is 8.95. The summed E-state index contributed by atoms with van der Waals surface area (Å²) < 4.78 is 2.18. The van der Waals surface area contributed by atoms with Gasteiger partial charge in [-0.3, -0.25) is 9.69 Å². The van der Waals surface area contributed by atoms with Gasteiger partial charge in [0.15, 0.2) is 0 Å². The summed E-state index contributed by atoms with van der Waals surface area (Å²) >= 11 is 0. The summed E-state index contributed by atoms with van der Waals surface area (Å²) in [6, 6.07) is 0. The van der Waals surface area contributed by atoms with Crippen molar-refractivity contribution in [1.29, 1.82) is 0 Å². The Balaban J connectivity index is 1.56. The van der Waals surface area contributed by atoms with Crippen LogP contribution in [0.1, 0.15) is 56.6 Å². The molecule has 2 fully saturated rings. The molecular formula is C18H29N5O. The topological polar surface area (TPSA) is 54.3 Å². The predicted octanol–water partition coefficient (Wildman–Crippen LogP) is 2.08. The Labute approximate surface area is 144 Å². The minimum Gasteiger partial charge on any atom is -0.342 e. The number of rotatable bonds is 5. The molecule has 3 rings (SSSR count). The Kier molecular flexibility index (Phi) is 5.66. The van der Waals surface area contributed by atoms with Gasteiger partial charge in [-0.2, -0.15) is 0 Å². The third kappa shape index (κ3) is 3.86. The molecule has 6 nitrogen and oxygen atoms in total. The molecule has 0 unspecified atom stereocenters. The van der Waals surface area contributed by atoms with Crippen molar-refractivity contribution in [3.8, 4) is 0 Å². The molecule has 0 saturated carbocycles. The molecule has 2 aliphatic heterocycles. The van der Waals surface area contributed by atoms with Gasteiger partial charge in [-0.15, -0.1) is 10.2 Å². The van der Waals surface area contributed by atoms with Crippen LogP contribution in [0.25, 0.3) is 0 Å². The Hall–Kier alpha value is -1.69. The van der Waals surface area contributed by atoms with Crippen LogP contribution in [0.2, 0.25) is 0 Å². The molecule has 1 amide bonds. The van der Waals surface area contributed by atoms with E-state index >= 15 is 0 Å². The van der Waals surface area contributed by atoms with Crippen LogP contribution in [0.4, 0.5) is 0 Å². The highest BCUT2D eigenvalue weighted by molar-refractivity contribution is 5.77. The number of amides is 1. The summed E-state index contributed by atoms with van der Waals surface area (Å²) in [6.45, 7) is 6.87. The summed E-state index contributed by atoms with van der Waals surface area (Å²) in [4.78, 5) is 16.5. The van der Waals surface area contributed by atoms with Crippen LogP contribution in [-0.4, -0.2) is 56.7 Å². The maximum Gasteiger partial charge on any atom is 0.226 e. The molecule has 0 bridgehead atoms. The number of allylic oxidation sites excluding steroid dienone is 1. The fourth-order valence-electron chi connectivity index (χ4n) is 3.74. The fraction of sp³-hybridized carbons (Fsp3) is 0.722. The van der Waals surface area contributed by atoms with Crippen molar-refractivity contribution in [2.75, 3.05) is 26.2 Å². The number of piperidine rings is 1. The summed E-state index contributed by atoms with van der Waals surface area (Å²) in [7, 11) is 2.09. The van der Waals surface area contributed by atoms with Gasteiger partial charge in [0.25, 0.3) is 0 Å². The molecule has 0 atom stereocenters. The van der Waals surface area contributed by atoms with Gasteiger partial charge in [-0.25, -0.2) is 0 Å². The Morgan fingerprint density at radius 3 is 2.54 bits per heavy atom. The summed E-state index contributed by atoms with van der Waals surface area (Å²) in [5, 5.41) is 8.90. The van der Waals surface area contributed by atoms with E-state index in [4.69, 9.17) is 0 Å². The van der Waals surface area contributed by atoms with Crippen molar-refractivity contribution in [3.63, 3.8) is 0 Å². The molecule has 0 N–H and O–H groups in total. The molecule has 2 aliphatic rings. The largest absolute Gasteiger partial charge is 0.342 e.